The Balaban J connectivity index is 1.72. The fraction of sp³-hybridized carbons (Fsp3) is 0.786. The van der Waals surface area contributed by atoms with Crippen molar-refractivity contribution in [1.29, 1.82) is 0 Å². The summed E-state index contributed by atoms with van der Waals surface area (Å²) in [5.74, 6) is 0.266. The summed E-state index contributed by atoms with van der Waals surface area (Å²) in [5, 5.41) is 0. The molecule has 2 saturated carbocycles. The molecule has 0 amide bonds. The molecule has 1 saturated heterocycles. The van der Waals surface area contributed by atoms with Gasteiger partial charge in [-0.05, 0) is 32.1 Å². The van der Waals surface area contributed by atoms with Crippen molar-refractivity contribution < 1.29 is 19.0 Å². The summed E-state index contributed by atoms with van der Waals surface area (Å²) in [4.78, 5) is 11.7. The average Bonchev–Trinajstić information content (AvgIpc) is 2.88. The van der Waals surface area contributed by atoms with E-state index in [1.165, 1.54) is 7.11 Å². The molecule has 4 nitrogen and oxygen atoms in total. The van der Waals surface area contributed by atoms with Gasteiger partial charge in [0.2, 0.25) is 0 Å². The lowest BCUT2D eigenvalue weighted by Crippen LogP contribution is -2.49. The maximum Gasteiger partial charge on any atom is 0.333 e. The Morgan fingerprint density at radius 2 is 2.06 bits per heavy atom. The molecule has 1 heterocycles. The summed E-state index contributed by atoms with van der Waals surface area (Å²) in [6.07, 6.45) is 2.79. The Hall–Kier alpha value is -0.870. The molecule has 3 rings (SSSR count). The second kappa shape index (κ2) is 3.58. The number of carbonyl (C=O) groups is 1. The fourth-order valence-electron chi connectivity index (χ4n) is 3.89. The Morgan fingerprint density at radius 3 is 2.61 bits per heavy atom. The molecule has 2 aliphatic carbocycles. The molecule has 0 aromatic heterocycles. The number of hydrogen-bond acceptors (Lipinski definition) is 4. The molecule has 0 spiro atoms. The minimum atomic E-state index is -0.273. The molecule has 3 atom stereocenters. The van der Waals surface area contributed by atoms with Crippen molar-refractivity contribution in [2.75, 3.05) is 7.11 Å². The Morgan fingerprint density at radius 1 is 1.39 bits per heavy atom. The smallest absolute Gasteiger partial charge is 0.333 e. The van der Waals surface area contributed by atoms with Gasteiger partial charge in [0.25, 0.3) is 0 Å². The number of hydrogen-bond donors (Lipinski definition) is 0. The molecule has 0 radical (unpaired) electrons. The van der Waals surface area contributed by atoms with Crippen LogP contribution in [0.3, 0.4) is 0 Å². The van der Waals surface area contributed by atoms with E-state index < -0.39 is 0 Å². The van der Waals surface area contributed by atoms with Crippen LogP contribution in [-0.2, 0) is 19.0 Å². The maximum absolute atomic E-state index is 11.7. The van der Waals surface area contributed by atoms with Crippen LogP contribution in [0, 0.1) is 16.7 Å². The van der Waals surface area contributed by atoms with Crippen molar-refractivity contribution in [2.24, 2.45) is 16.7 Å². The number of carbonyl (C=O) groups excluding carboxylic acids is 1. The minimum absolute atomic E-state index is 0.00634. The molecule has 1 aliphatic heterocycles. The van der Waals surface area contributed by atoms with Gasteiger partial charge in [-0.15, -0.1) is 0 Å². The first-order valence-corrected chi connectivity index (χ1v) is 6.50. The molecular weight excluding hydrogens is 232 g/mol. The van der Waals surface area contributed by atoms with Crippen LogP contribution in [0.5, 0.6) is 0 Å². The zero-order chi connectivity index (χ0) is 13.1. The van der Waals surface area contributed by atoms with E-state index in [-0.39, 0.29) is 29.4 Å². The summed E-state index contributed by atoms with van der Waals surface area (Å²) >= 11 is 0. The maximum atomic E-state index is 11.7. The number of fused-ring (bicyclic) bond motifs is 1. The number of esters is 1. The molecule has 0 aromatic rings. The number of methoxy groups -OCH3 is 1. The fourth-order valence-corrected chi connectivity index (χ4v) is 3.89. The van der Waals surface area contributed by atoms with Crippen molar-refractivity contribution in [3.63, 3.8) is 0 Å². The van der Waals surface area contributed by atoms with E-state index in [0.29, 0.717) is 11.5 Å². The lowest BCUT2D eigenvalue weighted by molar-refractivity contribution is -0.409. The Labute approximate surface area is 107 Å². The highest BCUT2D eigenvalue weighted by Gasteiger charge is 2.69. The summed E-state index contributed by atoms with van der Waals surface area (Å²) in [5.41, 5.74) is 0.589. The standard InChI is InChI=1S/C14H20O4/c1-8(11(15)16-4)14-6-10(14)5-13(3,7-14)12-17-9(2)18-12/h9-10,12H,1,5-7H2,2-4H3. The van der Waals surface area contributed by atoms with Gasteiger partial charge < -0.3 is 14.2 Å². The summed E-state index contributed by atoms with van der Waals surface area (Å²) in [7, 11) is 1.41. The minimum Gasteiger partial charge on any atom is -0.466 e. The van der Waals surface area contributed by atoms with Crippen LogP contribution in [-0.4, -0.2) is 25.7 Å². The number of ether oxygens (including phenoxy) is 3. The zero-order valence-electron chi connectivity index (χ0n) is 11.2. The van der Waals surface area contributed by atoms with E-state index in [1.54, 1.807) is 0 Å². The lowest BCUT2D eigenvalue weighted by Gasteiger charge is -2.45. The molecule has 3 aliphatic rings. The summed E-state index contributed by atoms with van der Waals surface area (Å²) in [6.45, 7) is 8.03. The molecule has 18 heavy (non-hydrogen) atoms. The zero-order valence-corrected chi connectivity index (χ0v) is 11.2. The predicted octanol–water partition coefficient (Wildman–Crippen LogP) is 2.24. The topological polar surface area (TPSA) is 44.8 Å². The first-order valence-electron chi connectivity index (χ1n) is 6.50. The first-order chi connectivity index (χ1) is 8.41. The van der Waals surface area contributed by atoms with Gasteiger partial charge >= 0.3 is 5.97 Å². The largest absolute Gasteiger partial charge is 0.466 e. The molecule has 100 valence electrons. The van der Waals surface area contributed by atoms with Gasteiger partial charge in [-0.25, -0.2) is 4.79 Å². The highest BCUT2D eigenvalue weighted by Crippen LogP contribution is 2.73. The van der Waals surface area contributed by atoms with Crippen molar-refractivity contribution >= 4 is 5.97 Å². The van der Waals surface area contributed by atoms with Gasteiger partial charge in [-0.1, -0.05) is 13.5 Å². The van der Waals surface area contributed by atoms with Gasteiger partial charge in [0.15, 0.2) is 12.6 Å². The average molecular weight is 252 g/mol. The van der Waals surface area contributed by atoms with E-state index in [4.69, 9.17) is 14.2 Å². The van der Waals surface area contributed by atoms with E-state index >= 15 is 0 Å². The molecule has 3 unspecified atom stereocenters. The van der Waals surface area contributed by atoms with Crippen LogP contribution in [0.2, 0.25) is 0 Å². The highest BCUT2D eigenvalue weighted by molar-refractivity contribution is 5.90. The molecular formula is C14H20O4. The molecule has 0 aromatic carbocycles. The van der Waals surface area contributed by atoms with Crippen molar-refractivity contribution in [2.45, 2.75) is 45.7 Å². The second-order valence-electron chi connectivity index (χ2n) is 6.23. The van der Waals surface area contributed by atoms with Crippen LogP contribution < -0.4 is 0 Å². The summed E-state index contributed by atoms with van der Waals surface area (Å²) < 4.78 is 16.1. The highest BCUT2D eigenvalue weighted by atomic mass is 16.9. The van der Waals surface area contributed by atoms with Crippen LogP contribution in [0.1, 0.15) is 33.1 Å². The number of rotatable bonds is 3. The molecule has 4 heteroatoms. The van der Waals surface area contributed by atoms with E-state index in [9.17, 15) is 4.79 Å². The summed E-state index contributed by atoms with van der Waals surface area (Å²) in [6, 6.07) is 0. The molecule has 0 bridgehead atoms. The van der Waals surface area contributed by atoms with Crippen LogP contribution in [0.25, 0.3) is 0 Å². The third kappa shape index (κ3) is 1.48. The molecule has 0 N–H and O–H groups in total. The van der Waals surface area contributed by atoms with Gasteiger partial charge in [0, 0.05) is 16.4 Å². The van der Waals surface area contributed by atoms with E-state index in [0.717, 1.165) is 19.3 Å². The van der Waals surface area contributed by atoms with Crippen LogP contribution in [0.15, 0.2) is 12.2 Å². The third-order valence-electron chi connectivity index (χ3n) is 4.90. The van der Waals surface area contributed by atoms with Crippen molar-refractivity contribution in [1.82, 2.24) is 0 Å². The second-order valence-corrected chi connectivity index (χ2v) is 6.23. The molecule has 3 fully saturated rings. The Kier molecular flexibility index (Phi) is 2.42. The third-order valence-corrected chi connectivity index (χ3v) is 4.90. The van der Waals surface area contributed by atoms with Gasteiger partial charge in [0.1, 0.15) is 0 Å². The van der Waals surface area contributed by atoms with Crippen molar-refractivity contribution in [3.05, 3.63) is 12.2 Å². The SMILES string of the molecule is C=C(C(=O)OC)C12CC1CC(C)(C1OC(C)O1)C2. The van der Waals surface area contributed by atoms with Gasteiger partial charge in [0.05, 0.1) is 7.11 Å². The van der Waals surface area contributed by atoms with E-state index in [2.05, 4.69) is 13.5 Å². The van der Waals surface area contributed by atoms with Gasteiger partial charge in [-0.2, -0.15) is 0 Å². The lowest BCUT2D eigenvalue weighted by atomic mass is 9.79. The van der Waals surface area contributed by atoms with Crippen LogP contribution in [0.4, 0.5) is 0 Å². The monoisotopic (exact) mass is 252 g/mol. The van der Waals surface area contributed by atoms with Crippen molar-refractivity contribution in [3.8, 4) is 0 Å². The normalized spacial score (nSPS) is 49.2. The first kappa shape index (κ1) is 12.2. The van der Waals surface area contributed by atoms with Crippen LogP contribution >= 0.6 is 0 Å². The van der Waals surface area contributed by atoms with E-state index in [1.807, 2.05) is 6.92 Å². The Bertz CT molecular complexity index is 412. The predicted molar refractivity (Wildman–Crippen MR) is 64.5 cm³/mol. The quantitative estimate of drug-likeness (QED) is 0.571. The van der Waals surface area contributed by atoms with Gasteiger partial charge in [-0.3, -0.25) is 0 Å².